The summed E-state index contributed by atoms with van der Waals surface area (Å²) in [4.78, 5) is 3.89. The third-order valence-corrected chi connectivity index (χ3v) is 5.45. The Kier molecular flexibility index (Phi) is 4.74. The molecule has 1 atom stereocenters. The van der Waals surface area contributed by atoms with E-state index < -0.39 is 10.0 Å². The van der Waals surface area contributed by atoms with Crippen molar-refractivity contribution in [2.24, 2.45) is 5.92 Å². The molecule has 0 aliphatic heterocycles. The number of nitrogen functional groups attached to an aromatic ring is 1. The monoisotopic (exact) mass is 335 g/mol. The lowest BCUT2D eigenvalue weighted by atomic mass is 10.1. The van der Waals surface area contributed by atoms with Gasteiger partial charge in [-0.05, 0) is 34.8 Å². The van der Waals surface area contributed by atoms with E-state index in [2.05, 4.69) is 20.9 Å². The zero-order valence-electron chi connectivity index (χ0n) is 10.9. The van der Waals surface area contributed by atoms with Gasteiger partial charge in [0.05, 0.1) is 0 Å². The topological polar surface area (TPSA) is 76.3 Å². The number of sulfonamides is 1. The Morgan fingerprint density at radius 2 is 1.94 bits per heavy atom. The van der Waals surface area contributed by atoms with Crippen molar-refractivity contribution in [2.75, 3.05) is 12.8 Å². The van der Waals surface area contributed by atoms with Gasteiger partial charge < -0.3 is 5.73 Å². The molecule has 1 rings (SSSR count). The number of halogens is 1. The molecule has 0 radical (unpaired) electrons. The second kappa shape index (κ2) is 5.54. The van der Waals surface area contributed by atoms with Crippen LogP contribution in [-0.2, 0) is 10.0 Å². The molecule has 1 aromatic rings. The minimum atomic E-state index is -3.62. The van der Waals surface area contributed by atoms with Crippen molar-refractivity contribution in [2.45, 2.75) is 31.7 Å². The maximum absolute atomic E-state index is 12.4. The highest BCUT2D eigenvalue weighted by Crippen LogP contribution is 2.25. The van der Waals surface area contributed by atoms with Crippen molar-refractivity contribution >= 4 is 31.8 Å². The lowest BCUT2D eigenvalue weighted by Gasteiger charge is -2.27. The van der Waals surface area contributed by atoms with E-state index in [-0.39, 0.29) is 22.7 Å². The van der Waals surface area contributed by atoms with Crippen LogP contribution >= 0.6 is 15.9 Å². The van der Waals surface area contributed by atoms with Gasteiger partial charge >= 0.3 is 0 Å². The molecule has 0 aliphatic rings. The molecule has 1 aromatic heterocycles. The van der Waals surface area contributed by atoms with E-state index in [1.807, 2.05) is 20.8 Å². The SMILES string of the molecule is CC(C)C(C)N(C)S(=O)(=O)c1cc(Br)cnc1N. The van der Waals surface area contributed by atoms with Gasteiger partial charge in [0.1, 0.15) is 10.7 Å². The molecule has 2 N–H and O–H groups in total. The van der Waals surface area contributed by atoms with E-state index in [1.54, 1.807) is 7.05 Å². The van der Waals surface area contributed by atoms with Crippen LogP contribution in [0.4, 0.5) is 5.82 Å². The molecule has 0 fully saturated rings. The number of aromatic nitrogens is 1. The first-order chi connectivity index (χ1) is 8.17. The molecule has 0 spiro atoms. The normalized spacial score (nSPS) is 14.2. The van der Waals surface area contributed by atoms with Crippen LogP contribution in [0.2, 0.25) is 0 Å². The average Bonchev–Trinajstić information content (AvgIpc) is 2.29. The van der Waals surface area contributed by atoms with E-state index in [0.29, 0.717) is 4.47 Å². The molecule has 102 valence electrons. The Balaban J connectivity index is 3.25. The largest absolute Gasteiger partial charge is 0.383 e. The summed E-state index contributed by atoms with van der Waals surface area (Å²) < 4.78 is 26.8. The van der Waals surface area contributed by atoms with Crippen LogP contribution in [0.5, 0.6) is 0 Å². The molecule has 0 amide bonds. The minimum Gasteiger partial charge on any atom is -0.383 e. The molecule has 0 aromatic carbocycles. The first kappa shape index (κ1) is 15.4. The minimum absolute atomic E-state index is 0.0148. The van der Waals surface area contributed by atoms with Gasteiger partial charge in [-0.1, -0.05) is 13.8 Å². The zero-order chi connectivity index (χ0) is 14.1. The highest BCUT2D eigenvalue weighted by atomic mass is 79.9. The molecule has 1 heterocycles. The van der Waals surface area contributed by atoms with Crippen LogP contribution in [0.25, 0.3) is 0 Å². The lowest BCUT2D eigenvalue weighted by molar-refractivity contribution is 0.316. The van der Waals surface area contributed by atoms with Gasteiger partial charge in [0.2, 0.25) is 10.0 Å². The van der Waals surface area contributed by atoms with E-state index in [1.165, 1.54) is 16.6 Å². The van der Waals surface area contributed by atoms with Crippen LogP contribution in [0.15, 0.2) is 21.6 Å². The number of hydrogen-bond acceptors (Lipinski definition) is 4. The van der Waals surface area contributed by atoms with Crippen LogP contribution in [0.3, 0.4) is 0 Å². The maximum Gasteiger partial charge on any atom is 0.246 e. The van der Waals surface area contributed by atoms with E-state index in [9.17, 15) is 8.42 Å². The first-order valence-corrected chi connectivity index (χ1v) is 7.80. The first-order valence-electron chi connectivity index (χ1n) is 5.57. The summed E-state index contributed by atoms with van der Waals surface area (Å²) in [5.41, 5.74) is 5.65. The summed E-state index contributed by atoms with van der Waals surface area (Å²) in [5, 5.41) is 0. The standard InChI is InChI=1S/C11H18BrN3O2S/c1-7(2)8(3)15(4)18(16,17)10-5-9(12)6-14-11(10)13/h5-8H,1-4H3,(H2,13,14). The summed E-state index contributed by atoms with van der Waals surface area (Å²) in [7, 11) is -2.06. The quantitative estimate of drug-likeness (QED) is 0.913. The lowest BCUT2D eigenvalue weighted by Crippen LogP contribution is -2.38. The summed E-state index contributed by atoms with van der Waals surface area (Å²) in [5.74, 6) is 0.229. The number of nitrogens with zero attached hydrogens (tertiary/aromatic N) is 2. The van der Waals surface area contributed by atoms with Crippen molar-refractivity contribution in [1.82, 2.24) is 9.29 Å². The second-order valence-corrected chi connectivity index (χ2v) is 7.42. The highest BCUT2D eigenvalue weighted by molar-refractivity contribution is 9.10. The van der Waals surface area contributed by atoms with Gasteiger partial charge in [0.15, 0.2) is 0 Å². The molecular formula is C11H18BrN3O2S. The van der Waals surface area contributed by atoms with Gasteiger partial charge in [-0.2, -0.15) is 4.31 Å². The van der Waals surface area contributed by atoms with Gasteiger partial charge in [-0.15, -0.1) is 0 Å². The third kappa shape index (κ3) is 3.02. The Hall–Kier alpha value is -0.660. The fraction of sp³-hybridized carbons (Fsp3) is 0.545. The molecule has 0 saturated heterocycles. The number of hydrogen-bond donors (Lipinski definition) is 1. The fourth-order valence-corrected chi connectivity index (χ4v) is 3.50. The van der Waals surface area contributed by atoms with E-state index in [0.717, 1.165) is 0 Å². The van der Waals surface area contributed by atoms with Crippen molar-refractivity contribution in [3.8, 4) is 0 Å². The van der Waals surface area contributed by atoms with Crippen molar-refractivity contribution in [3.05, 3.63) is 16.7 Å². The van der Waals surface area contributed by atoms with Crippen molar-refractivity contribution < 1.29 is 8.42 Å². The molecule has 5 nitrogen and oxygen atoms in total. The predicted molar refractivity (Wildman–Crippen MR) is 75.6 cm³/mol. The number of nitrogens with two attached hydrogens (primary N) is 1. The van der Waals surface area contributed by atoms with Crippen LogP contribution in [0.1, 0.15) is 20.8 Å². The van der Waals surface area contributed by atoms with Crippen LogP contribution < -0.4 is 5.73 Å². The third-order valence-electron chi connectivity index (χ3n) is 3.04. The fourth-order valence-electron chi connectivity index (χ4n) is 1.43. The summed E-state index contributed by atoms with van der Waals surface area (Å²) in [6, 6.07) is 1.36. The molecule has 0 saturated carbocycles. The Morgan fingerprint density at radius 3 is 2.44 bits per heavy atom. The molecule has 18 heavy (non-hydrogen) atoms. The number of anilines is 1. The Labute approximate surface area is 117 Å². The Morgan fingerprint density at radius 1 is 1.39 bits per heavy atom. The smallest absolute Gasteiger partial charge is 0.246 e. The van der Waals surface area contributed by atoms with E-state index in [4.69, 9.17) is 5.73 Å². The van der Waals surface area contributed by atoms with Crippen molar-refractivity contribution in [3.63, 3.8) is 0 Å². The predicted octanol–water partition coefficient (Wildman–Crippen LogP) is 2.09. The molecule has 1 unspecified atom stereocenters. The van der Waals surface area contributed by atoms with Gasteiger partial charge in [-0.25, -0.2) is 13.4 Å². The van der Waals surface area contributed by atoms with Gasteiger partial charge in [-0.3, -0.25) is 0 Å². The Bertz CT molecular complexity index is 531. The molecular weight excluding hydrogens is 318 g/mol. The van der Waals surface area contributed by atoms with Gasteiger partial charge in [0.25, 0.3) is 0 Å². The van der Waals surface area contributed by atoms with Crippen LogP contribution in [-0.4, -0.2) is 30.8 Å². The second-order valence-electron chi connectivity index (χ2n) is 4.54. The van der Waals surface area contributed by atoms with Gasteiger partial charge in [0, 0.05) is 23.8 Å². The highest BCUT2D eigenvalue weighted by Gasteiger charge is 2.29. The summed E-state index contributed by atoms with van der Waals surface area (Å²) >= 11 is 3.20. The molecule has 0 aliphatic carbocycles. The molecule has 7 heteroatoms. The number of rotatable bonds is 4. The summed E-state index contributed by atoms with van der Waals surface area (Å²) in [6.07, 6.45) is 1.47. The summed E-state index contributed by atoms with van der Waals surface area (Å²) in [6.45, 7) is 5.81. The zero-order valence-corrected chi connectivity index (χ0v) is 13.3. The molecule has 0 bridgehead atoms. The average molecular weight is 336 g/mol. The van der Waals surface area contributed by atoms with E-state index >= 15 is 0 Å². The van der Waals surface area contributed by atoms with Crippen molar-refractivity contribution in [1.29, 1.82) is 0 Å². The number of pyridine rings is 1. The van der Waals surface area contributed by atoms with Crippen LogP contribution in [0, 0.1) is 5.92 Å². The maximum atomic E-state index is 12.4.